The zero-order chi connectivity index (χ0) is 14.8. The third-order valence-electron chi connectivity index (χ3n) is 3.34. The van der Waals surface area contributed by atoms with Gasteiger partial charge in [0.2, 0.25) is 0 Å². The molecule has 108 valence electrons. The van der Waals surface area contributed by atoms with E-state index in [2.05, 4.69) is 10.4 Å². The standard InChI is InChI=1S/C15H16N4OS/c1-10-4-2-5-11-12(16)14(21-13(10)11)15(20)17-7-9-19-8-3-6-18-19/h2-6,8H,7,9,16H2,1H3,(H,17,20). The van der Waals surface area contributed by atoms with Crippen molar-refractivity contribution in [3.63, 3.8) is 0 Å². The number of nitrogens with one attached hydrogen (secondary N) is 1. The van der Waals surface area contributed by atoms with E-state index in [1.54, 1.807) is 10.9 Å². The molecule has 0 aliphatic rings. The number of carbonyl (C=O) groups excluding carboxylic acids is 1. The minimum Gasteiger partial charge on any atom is -0.397 e. The second kappa shape index (κ2) is 5.57. The molecule has 3 rings (SSSR count). The summed E-state index contributed by atoms with van der Waals surface area (Å²) < 4.78 is 2.85. The third-order valence-corrected chi connectivity index (χ3v) is 4.70. The van der Waals surface area contributed by atoms with Gasteiger partial charge in [0.25, 0.3) is 5.91 Å². The quantitative estimate of drug-likeness (QED) is 0.777. The lowest BCUT2D eigenvalue weighted by Crippen LogP contribution is -2.27. The Hall–Kier alpha value is -2.34. The first-order valence-corrected chi connectivity index (χ1v) is 7.51. The first kappa shape index (κ1) is 13.6. The van der Waals surface area contributed by atoms with Crippen LogP contribution in [-0.2, 0) is 6.54 Å². The van der Waals surface area contributed by atoms with Gasteiger partial charge in [0.05, 0.1) is 12.2 Å². The normalized spacial score (nSPS) is 10.9. The minimum absolute atomic E-state index is 0.125. The smallest absolute Gasteiger partial charge is 0.263 e. The molecule has 0 spiro atoms. The van der Waals surface area contributed by atoms with Crippen LogP contribution in [-0.4, -0.2) is 22.2 Å². The number of nitrogen functional groups attached to an aromatic ring is 1. The molecule has 6 heteroatoms. The molecule has 0 aliphatic carbocycles. The number of hydrogen-bond donors (Lipinski definition) is 2. The zero-order valence-corrected chi connectivity index (χ0v) is 12.5. The Bertz CT molecular complexity index is 776. The molecule has 0 bridgehead atoms. The fraction of sp³-hybridized carbons (Fsp3) is 0.200. The second-order valence-corrected chi connectivity index (χ2v) is 5.84. The summed E-state index contributed by atoms with van der Waals surface area (Å²) in [7, 11) is 0. The maximum absolute atomic E-state index is 12.3. The van der Waals surface area contributed by atoms with Gasteiger partial charge in [0.1, 0.15) is 4.88 Å². The Morgan fingerprint density at radius 1 is 1.43 bits per heavy atom. The van der Waals surface area contributed by atoms with Gasteiger partial charge in [-0.1, -0.05) is 18.2 Å². The van der Waals surface area contributed by atoms with E-state index in [0.717, 1.165) is 15.6 Å². The van der Waals surface area contributed by atoms with E-state index in [4.69, 9.17) is 5.73 Å². The van der Waals surface area contributed by atoms with Crippen LogP contribution in [0.4, 0.5) is 5.69 Å². The van der Waals surface area contributed by atoms with Crippen molar-refractivity contribution in [2.24, 2.45) is 0 Å². The Morgan fingerprint density at radius 2 is 2.29 bits per heavy atom. The van der Waals surface area contributed by atoms with Gasteiger partial charge in [0.15, 0.2) is 0 Å². The van der Waals surface area contributed by atoms with Gasteiger partial charge < -0.3 is 11.1 Å². The Balaban J connectivity index is 1.75. The summed E-state index contributed by atoms with van der Waals surface area (Å²) in [4.78, 5) is 12.8. The number of rotatable bonds is 4. The molecule has 3 aromatic rings. The van der Waals surface area contributed by atoms with Crippen LogP contribution in [0.3, 0.4) is 0 Å². The Kier molecular flexibility index (Phi) is 3.62. The lowest BCUT2D eigenvalue weighted by molar-refractivity contribution is 0.0957. The molecule has 5 nitrogen and oxygen atoms in total. The number of amides is 1. The van der Waals surface area contributed by atoms with Crippen molar-refractivity contribution in [3.8, 4) is 0 Å². The van der Waals surface area contributed by atoms with Gasteiger partial charge in [-0.15, -0.1) is 11.3 Å². The maximum atomic E-state index is 12.3. The SMILES string of the molecule is Cc1cccc2c(N)c(C(=O)NCCn3cccn3)sc12. The molecule has 1 aromatic carbocycles. The first-order chi connectivity index (χ1) is 10.2. The number of nitrogens with zero attached hydrogens (tertiary/aromatic N) is 2. The first-order valence-electron chi connectivity index (χ1n) is 6.70. The van der Waals surface area contributed by atoms with Crippen LogP contribution in [0, 0.1) is 6.92 Å². The summed E-state index contributed by atoms with van der Waals surface area (Å²) in [5, 5.41) is 7.94. The van der Waals surface area contributed by atoms with E-state index in [1.807, 2.05) is 37.4 Å². The number of hydrogen-bond acceptors (Lipinski definition) is 4. The van der Waals surface area contributed by atoms with Crippen LogP contribution in [0.5, 0.6) is 0 Å². The number of carbonyl (C=O) groups is 1. The summed E-state index contributed by atoms with van der Waals surface area (Å²) in [5.74, 6) is -0.125. The highest BCUT2D eigenvalue weighted by Crippen LogP contribution is 2.35. The molecule has 0 aliphatic heterocycles. The van der Waals surface area contributed by atoms with Crippen LogP contribution in [0.15, 0.2) is 36.7 Å². The molecule has 2 aromatic heterocycles. The van der Waals surface area contributed by atoms with Crippen molar-refractivity contribution in [2.45, 2.75) is 13.5 Å². The summed E-state index contributed by atoms with van der Waals surface area (Å²) in [6, 6.07) is 7.79. The average molecular weight is 300 g/mol. The molecule has 0 saturated heterocycles. The minimum atomic E-state index is -0.125. The molecule has 1 amide bonds. The van der Waals surface area contributed by atoms with E-state index >= 15 is 0 Å². The van der Waals surface area contributed by atoms with E-state index in [0.29, 0.717) is 23.7 Å². The maximum Gasteiger partial charge on any atom is 0.263 e. The van der Waals surface area contributed by atoms with Crippen LogP contribution in [0.1, 0.15) is 15.2 Å². The zero-order valence-electron chi connectivity index (χ0n) is 11.7. The fourth-order valence-corrected chi connectivity index (χ4v) is 3.35. The molecular weight excluding hydrogens is 284 g/mol. The topological polar surface area (TPSA) is 72.9 Å². The molecule has 0 fully saturated rings. The average Bonchev–Trinajstić information content (AvgIpc) is 3.08. The number of nitrogens with two attached hydrogens (primary N) is 1. The van der Waals surface area contributed by atoms with Crippen LogP contribution >= 0.6 is 11.3 Å². The van der Waals surface area contributed by atoms with E-state index in [1.165, 1.54) is 11.3 Å². The molecule has 21 heavy (non-hydrogen) atoms. The van der Waals surface area contributed by atoms with Crippen LogP contribution < -0.4 is 11.1 Å². The highest BCUT2D eigenvalue weighted by atomic mass is 32.1. The van der Waals surface area contributed by atoms with Gasteiger partial charge in [-0.3, -0.25) is 9.48 Å². The third kappa shape index (κ3) is 2.62. The molecule has 0 radical (unpaired) electrons. The highest BCUT2D eigenvalue weighted by Gasteiger charge is 2.16. The fourth-order valence-electron chi connectivity index (χ4n) is 2.25. The lowest BCUT2D eigenvalue weighted by Gasteiger charge is -2.04. The Morgan fingerprint density at radius 3 is 3.00 bits per heavy atom. The van der Waals surface area contributed by atoms with E-state index in [9.17, 15) is 4.79 Å². The summed E-state index contributed by atoms with van der Waals surface area (Å²) in [6.07, 6.45) is 3.58. The van der Waals surface area contributed by atoms with Crippen molar-refractivity contribution >= 4 is 33.0 Å². The van der Waals surface area contributed by atoms with Gasteiger partial charge in [-0.25, -0.2) is 0 Å². The number of benzene rings is 1. The highest BCUT2D eigenvalue weighted by molar-refractivity contribution is 7.21. The summed E-state index contributed by atoms with van der Waals surface area (Å²) in [5.41, 5.74) is 7.81. The van der Waals surface area contributed by atoms with Crippen LogP contribution in [0.25, 0.3) is 10.1 Å². The predicted octanol–water partition coefficient (Wildman–Crippen LogP) is 2.42. The van der Waals surface area contributed by atoms with Crippen molar-refractivity contribution in [1.29, 1.82) is 0 Å². The second-order valence-electron chi connectivity index (χ2n) is 4.82. The van der Waals surface area contributed by atoms with E-state index in [-0.39, 0.29) is 5.91 Å². The van der Waals surface area contributed by atoms with E-state index < -0.39 is 0 Å². The monoisotopic (exact) mass is 300 g/mol. The number of aryl methyl sites for hydroxylation is 1. The van der Waals surface area contributed by atoms with Crippen molar-refractivity contribution in [3.05, 3.63) is 47.1 Å². The van der Waals surface area contributed by atoms with Crippen molar-refractivity contribution in [1.82, 2.24) is 15.1 Å². The van der Waals surface area contributed by atoms with Crippen molar-refractivity contribution < 1.29 is 4.79 Å². The van der Waals surface area contributed by atoms with Gasteiger partial charge in [0, 0.05) is 29.0 Å². The molecule has 0 unspecified atom stereocenters. The number of thiophene rings is 1. The number of fused-ring (bicyclic) bond motifs is 1. The summed E-state index contributed by atoms with van der Waals surface area (Å²) >= 11 is 1.45. The number of aromatic nitrogens is 2. The van der Waals surface area contributed by atoms with Gasteiger partial charge in [-0.05, 0) is 18.6 Å². The molecule has 3 N–H and O–H groups in total. The largest absolute Gasteiger partial charge is 0.397 e. The van der Waals surface area contributed by atoms with Gasteiger partial charge >= 0.3 is 0 Å². The molecule has 0 atom stereocenters. The molecular formula is C15H16N4OS. The molecule has 2 heterocycles. The van der Waals surface area contributed by atoms with Crippen LogP contribution in [0.2, 0.25) is 0 Å². The lowest BCUT2D eigenvalue weighted by atomic mass is 10.1. The number of anilines is 1. The predicted molar refractivity (Wildman–Crippen MR) is 85.5 cm³/mol. The van der Waals surface area contributed by atoms with Crippen molar-refractivity contribution in [2.75, 3.05) is 12.3 Å². The Labute approximate surface area is 126 Å². The molecule has 0 saturated carbocycles. The summed E-state index contributed by atoms with van der Waals surface area (Å²) in [6.45, 7) is 3.19. The van der Waals surface area contributed by atoms with Gasteiger partial charge in [-0.2, -0.15) is 5.10 Å².